The van der Waals surface area contributed by atoms with Gasteiger partial charge < -0.3 is 10.2 Å². The van der Waals surface area contributed by atoms with E-state index in [2.05, 4.69) is 44.2 Å². The van der Waals surface area contributed by atoms with Gasteiger partial charge in [-0.05, 0) is 42.5 Å². The molecule has 6 heteroatoms. The monoisotopic (exact) mass is 303 g/mol. The van der Waals surface area contributed by atoms with Crippen molar-refractivity contribution in [3.8, 4) is 0 Å². The molecule has 0 bridgehead atoms. The van der Waals surface area contributed by atoms with Crippen molar-refractivity contribution in [2.45, 2.75) is 26.3 Å². The fourth-order valence-corrected chi connectivity index (χ4v) is 2.62. The Morgan fingerprint density at radius 3 is 2.67 bits per heavy atom. The summed E-state index contributed by atoms with van der Waals surface area (Å²) in [6.07, 6.45) is 2.35. The van der Waals surface area contributed by atoms with Crippen molar-refractivity contribution in [2.24, 2.45) is 0 Å². The molecule has 0 aliphatic carbocycles. The summed E-state index contributed by atoms with van der Waals surface area (Å²) in [7, 11) is 0. The molecule has 5 nitrogen and oxygen atoms in total. The minimum Gasteiger partial charge on any atom is -0.350 e. The van der Waals surface area contributed by atoms with E-state index in [1.54, 1.807) is 0 Å². The third-order valence-corrected chi connectivity index (χ3v) is 3.85. The van der Waals surface area contributed by atoms with Crippen LogP contribution in [0.15, 0.2) is 24.3 Å². The summed E-state index contributed by atoms with van der Waals surface area (Å²) in [5.74, 6) is 1.19. The smallest absolute Gasteiger partial charge is 0.231 e. The highest BCUT2D eigenvalue weighted by molar-refractivity contribution is 6.28. The van der Waals surface area contributed by atoms with Gasteiger partial charge in [0.15, 0.2) is 0 Å². The van der Waals surface area contributed by atoms with Crippen molar-refractivity contribution in [3.05, 3.63) is 40.7 Å². The molecule has 1 aliphatic heterocycles. The Morgan fingerprint density at radius 1 is 1.14 bits per heavy atom. The van der Waals surface area contributed by atoms with Gasteiger partial charge in [-0.25, -0.2) is 0 Å². The normalized spacial score (nSPS) is 14.5. The first-order valence-corrected chi connectivity index (χ1v) is 7.55. The quantitative estimate of drug-likeness (QED) is 0.941. The average molecular weight is 304 g/mol. The molecule has 1 saturated heterocycles. The van der Waals surface area contributed by atoms with E-state index >= 15 is 0 Å². The highest BCUT2D eigenvalue weighted by Gasteiger charge is 2.16. The van der Waals surface area contributed by atoms with Crippen molar-refractivity contribution in [3.63, 3.8) is 0 Å². The van der Waals surface area contributed by atoms with Gasteiger partial charge in [0.1, 0.15) is 0 Å². The molecule has 0 saturated carbocycles. The molecule has 1 N–H and O–H groups in total. The Morgan fingerprint density at radius 2 is 1.90 bits per heavy atom. The first-order valence-electron chi connectivity index (χ1n) is 7.17. The van der Waals surface area contributed by atoms with Gasteiger partial charge in [0.25, 0.3) is 0 Å². The first kappa shape index (κ1) is 14.1. The van der Waals surface area contributed by atoms with E-state index < -0.39 is 0 Å². The number of nitrogens with one attached hydrogen (secondary N) is 1. The lowest BCUT2D eigenvalue weighted by Gasteiger charge is -2.16. The van der Waals surface area contributed by atoms with E-state index in [1.807, 2.05) is 12.1 Å². The van der Waals surface area contributed by atoms with Crippen LogP contribution < -0.4 is 10.2 Å². The first-order chi connectivity index (χ1) is 10.2. The second-order valence-corrected chi connectivity index (χ2v) is 5.54. The third-order valence-electron chi connectivity index (χ3n) is 3.68. The average Bonchev–Trinajstić information content (AvgIpc) is 3.00. The van der Waals surface area contributed by atoms with Crippen molar-refractivity contribution in [1.29, 1.82) is 0 Å². The Bertz CT molecular complexity index is 625. The molecule has 1 aromatic carbocycles. The van der Waals surface area contributed by atoms with Crippen molar-refractivity contribution in [2.75, 3.05) is 23.3 Å². The van der Waals surface area contributed by atoms with E-state index in [4.69, 9.17) is 11.6 Å². The van der Waals surface area contributed by atoms with Crippen LogP contribution in [-0.4, -0.2) is 28.0 Å². The molecule has 2 aromatic rings. The second kappa shape index (κ2) is 6.26. The Kier molecular flexibility index (Phi) is 4.20. The van der Waals surface area contributed by atoms with E-state index in [-0.39, 0.29) is 5.28 Å². The van der Waals surface area contributed by atoms with Gasteiger partial charge in [-0.3, -0.25) is 0 Å². The maximum atomic E-state index is 6.01. The fraction of sp³-hybridized carbons (Fsp3) is 0.400. The van der Waals surface area contributed by atoms with Crippen LogP contribution in [0.5, 0.6) is 0 Å². The molecule has 0 atom stereocenters. The van der Waals surface area contributed by atoms with Gasteiger partial charge in [-0.15, -0.1) is 0 Å². The lowest BCUT2D eigenvalue weighted by molar-refractivity contribution is 0.876. The van der Waals surface area contributed by atoms with E-state index in [9.17, 15) is 0 Å². The number of nitrogens with zero attached hydrogens (tertiary/aromatic N) is 4. The van der Waals surface area contributed by atoms with Crippen LogP contribution in [-0.2, 0) is 6.54 Å². The SMILES string of the molecule is Cc1ccccc1CNc1nc(Cl)nc(N2CCCC2)n1. The minimum atomic E-state index is 0.235. The van der Waals surface area contributed by atoms with Crippen LogP contribution in [0.25, 0.3) is 0 Å². The van der Waals surface area contributed by atoms with Crippen LogP contribution >= 0.6 is 11.6 Å². The Hall–Kier alpha value is -1.88. The molecule has 2 heterocycles. The van der Waals surface area contributed by atoms with Crippen LogP contribution in [0.4, 0.5) is 11.9 Å². The molecular formula is C15H18ClN5. The van der Waals surface area contributed by atoms with Crippen molar-refractivity contribution in [1.82, 2.24) is 15.0 Å². The summed E-state index contributed by atoms with van der Waals surface area (Å²) in [6.45, 7) is 4.73. The van der Waals surface area contributed by atoms with Crippen LogP contribution in [0, 0.1) is 6.92 Å². The summed E-state index contributed by atoms with van der Waals surface area (Å²) in [4.78, 5) is 15.0. The third kappa shape index (κ3) is 3.42. The molecule has 3 rings (SSSR count). The number of hydrogen-bond donors (Lipinski definition) is 1. The molecule has 0 amide bonds. The Balaban J connectivity index is 1.74. The minimum absolute atomic E-state index is 0.235. The number of aromatic nitrogens is 3. The number of hydrogen-bond acceptors (Lipinski definition) is 5. The maximum Gasteiger partial charge on any atom is 0.231 e. The summed E-state index contributed by atoms with van der Waals surface area (Å²) in [5.41, 5.74) is 2.46. The molecule has 1 aromatic heterocycles. The van der Waals surface area contributed by atoms with Gasteiger partial charge in [-0.2, -0.15) is 15.0 Å². The lowest BCUT2D eigenvalue weighted by atomic mass is 10.1. The molecule has 0 unspecified atom stereocenters. The van der Waals surface area contributed by atoms with Crippen molar-refractivity contribution < 1.29 is 0 Å². The molecule has 21 heavy (non-hydrogen) atoms. The number of aryl methyl sites for hydroxylation is 1. The lowest BCUT2D eigenvalue weighted by Crippen LogP contribution is -2.21. The van der Waals surface area contributed by atoms with Crippen LogP contribution in [0.1, 0.15) is 24.0 Å². The standard InChI is InChI=1S/C15H18ClN5/c1-11-6-2-3-7-12(11)10-17-14-18-13(16)19-15(20-14)21-8-4-5-9-21/h2-3,6-7H,4-5,8-10H2,1H3,(H,17,18,19,20). The summed E-state index contributed by atoms with van der Waals surface area (Å²) < 4.78 is 0. The second-order valence-electron chi connectivity index (χ2n) is 5.20. The van der Waals surface area contributed by atoms with Gasteiger partial charge in [0.2, 0.25) is 17.2 Å². The highest BCUT2D eigenvalue weighted by atomic mass is 35.5. The van der Waals surface area contributed by atoms with Crippen LogP contribution in [0.2, 0.25) is 5.28 Å². The zero-order chi connectivity index (χ0) is 14.7. The molecular weight excluding hydrogens is 286 g/mol. The van der Waals surface area contributed by atoms with E-state index in [1.165, 1.54) is 24.0 Å². The predicted octanol–water partition coefficient (Wildman–Crippen LogP) is 3.05. The highest BCUT2D eigenvalue weighted by Crippen LogP contribution is 2.19. The summed E-state index contributed by atoms with van der Waals surface area (Å²) in [5, 5.41) is 3.47. The van der Waals surface area contributed by atoms with Gasteiger partial charge in [0, 0.05) is 19.6 Å². The Labute approximate surface area is 129 Å². The summed E-state index contributed by atoms with van der Waals surface area (Å²) in [6, 6.07) is 8.24. The molecule has 0 spiro atoms. The van der Waals surface area contributed by atoms with Gasteiger partial charge >= 0.3 is 0 Å². The maximum absolute atomic E-state index is 6.01. The number of halogens is 1. The van der Waals surface area contributed by atoms with Crippen molar-refractivity contribution >= 4 is 23.5 Å². The zero-order valence-electron chi connectivity index (χ0n) is 12.0. The molecule has 1 fully saturated rings. The molecule has 0 radical (unpaired) electrons. The number of anilines is 2. The zero-order valence-corrected chi connectivity index (χ0v) is 12.8. The number of benzene rings is 1. The summed E-state index contributed by atoms with van der Waals surface area (Å²) >= 11 is 6.01. The fourth-order valence-electron chi connectivity index (χ4n) is 2.46. The number of rotatable bonds is 4. The van der Waals surface area contributed by atoms with Gasteiger partial charge in [0.05, 0.1) is 0 Å². The molecule has 110 valence electrons. The van der Waals surface area contributed by atoms with Gasteiger partial charge in [-0.1, -0.05) is 24.3 Å². The predicted molar refractivity (Wildman–Crippen MR) is 84.8 cm³/mol. The van der Waals surface area contributed by atoms with E-state index in [0.717, 1.165) is 13.1 Å². The largest absolute Gasteiger partial charge is 0.350 e. The van der Waals surface area contributed by atoms with E-state index in [0.29, 0.717) is 18.4 Å². The topological polar surface area (TPSA) is 53.9 Å². The molecule has 1 aliphatic rings. The van der Waals surface area contributed by atoms with Crippen LogP contribution in [0.3, 0.4) is 0 Å².